The SMILES string of the molecule is CCOC(=O)c1cn(C2CC2)c2c(OC)c(-c3cc4c(s3)CCC(F)(F)C4N)ccc2c1=O. The molecule has 5 rings (SSSR count). The van der Waals surface area contributed by atoms with Gasteiger partial charge >= 0.3 is 5.97 Å². The zero-order valence-corrected chi connectivity index (χ0v) is 19.1. The second-order valence-corrected chi connectivity index (χ2v) is 9.64. The maximum atomic E-state index is 14.2. The van der Waals surface area contributed by atoms with Crippen LogP contribution in [0.3, 0.4) is 0 Å². The second-order valence-electron chi connectivity index (χ2n) is 8.50. The smallest absolute Gasteiger partial charge is 0.343 e. The first-order valence-corrected chi connectivity index (χ1v) is 11.8. The van der Waals surface area contributed by atoms with Gasteiger partial charge < -0.3 is 19.8 Å². The van der Waals surface area contributed by atoms with Gasteiger partial charge in [-0.2, -0.15) is 0 Å². The summed E-state index contributed by atoms with van der Waals surface area (Å²) >= 11 is 1.42. The highest BCUT2D eigenvalue weighted by atomic mass is 32.1. The first-order chi connectivity index (χ1) is 15.8. The van der Waals surface area contributed by atoms with Crippen LogP contribution in [0.2, 0.25) is 0 Å². The average Bonchev–Trinajstić information content (AvgIpc) is 3.54. The average molecular weight is 475 g/mol. The van der Waals surface area contributed by atoms with Crippen LogP contribution in [0.25, 0.3) is 21.3 Å². The largest absolute Gasteiger partial charge is 0.494 e. The fourth-order valence-corrected chi connectivity index (χ4v) is 5.74. The molecular formula is C24H24F2N2O4S. The van der Waals surface area contributed by atoms with Crippen LogP contribution < -0.4 is 15.9 Å². The minimum absolute atomic E-state index is 0.00848. The highest BCUT2D eigenvalue weighted by Crippen LogP contribution is 2.48. The Morgan fingerprint density at radius 2 is 2.09 bits per heavy atom. The number of aryl methyl sites for hydroxylation is 1. The van der Waals surface area contributed by atoms with Gasteiger partial charge in [0.15, 0.2) is 5.75 Å². The van der Waals surface area contributed by atoms with Gasteiger partial charge in [0.2, 0.25) is 5.43 Å². The van der Waals surface area contributed by atoms with Crippen molar-refractivity contribution in [1.82, 2.24) is 4.57 Å². The van der Waals surface area contributed by atoms with Crippen molar-refractivity contribution in [1.29, 1.82) is 0 Å². The zero-order valence-electron chi connectivity index (χ0n) is 18.3. The minimum Gasteiger partial charge on any atom is -0.494 e. The lowest BCUT2D eigenvalue weighted by Crippen LogP contribution is -2.36. The summed E-state index contributed by atoms with van der Waals surface area (Å²) in [6, 6.07) is 3.94. The van der Waals surface area contributed by atoms with Crippen molar-refractivity contribution in [2.75, 3.05) is 13.7 Å². The van der Waals surface area contributed by atoms with Crippen molar-refractivity contribution in [2.45, 2.75) is 50.6 Å². The van der Waals surface area contributed by atoms with Crippen molar-refractivity contribution < 1.29 is 23.0 Å². The van der Waals surface area contributed by atoms with E-state index in [9.17, 15) is 18.4 Å². The van der Waals surface area contributed by atoms with E-state index in [1.54, 1.807) is 31.3 Å². The normalized spacial score (nSPS) is 19.4. The molecule has 1 unspecified atom stereocenters. The van der Waals surface area contributed by atoms with Crippen molar-refractivity contribution in [3.8, 4) is 16.2 Å². The molecule has 174 valence electrons. The number of hydrogen-bond donors (Lipinski definition) is 1. The van der Waals surface area contributed by atoms with E-state index in [0.717, 1.165) is 22.6 Å². The van der Waals surface area contributed by atoms with Crippen LogP contribution in [-0.2, 0) is 11.2 Å². The monoisotopic (exact) mass is 474 g/mol. The number of thiophene rings is 1. The fraction of sp³-hybridized carbons (Fsp3) is 0.417. The number of ether oxygens (including phenoxy) is 2. The number of alkyl halides is 2. The zero-order chi connectivity index (χ0) is 23.5. The second kappa shape index (κ2) is 7.92. The maximum Gasteiger partial charge on any atom is 0.343 e. The third-order valence-electron chi connectivity index (χ3n) is 6.37. The number of nitrogens with two attached hydrogens (primary N) is 1. The highest BCUT2D eigenvalue weighted by molar-refractivity contribution is 7.15. The van der Waals surface area contributed by atoms with Gasteiger partial charge in [-0.25, -0.2) is 13.6 Å². The van der Waals surface area contributed by atoms with E-state index >= 15 is 0 Å². The fourth-order valence-electron chi connectivity index (χ4n) is 4.51. The summed E-state index contributed by atoms with van der Waals surface area (Å²) in [6.07, 6.45) is 3.40. The van der Waals surface area contributed by atoms with Crippen LogP contribution in [0.4, 0.5) is 8.78 Å². The molecule has 0 saturated heterocycles. The summed E-state index contributed by atoms with van der Waals surface area (Å²) in [6.45, 7) is 1.86. The number of halogens is 2. The number of pyridine rings is 1. The summed E-state index contributed by atoms with van der Waals surface area (Å²) in [4.78, 5) is 27.2. The lowest BCUT2D eigenvalue weighted by Gasteiger charge is -2.28. The number of carbonyl (C=O) groups is 1. The van der Waals surface area contributed by atoms with E-state index in [2.05, 4.69) is 0 Å². The number of hydrogen-bond acceptors (Lipinski definition) is 6. The summed E-state index contributed by atoms with van der Waals surface area (Å²) in [7, 11) is 1.52. The van der Waals surface area contributed by atoms with Gasteiger partial charge in [-0.1, -0.05) is 0 Å². The Labute approximate surface area is 192 Å². The van der Waals surface area contributed by atoms with Crippen LogP contribution >= 0.6 is 11.3 Å². The highest BCUT2D eigenvalue weighted by Gasteiger charge is 2.43. The lowest BCUT2D eigenvalue weighted by molar-refractivity contribution is -0.0392. The van der Waals surface area contributed by atoms with Gasteiger partial charge in [-0.3, -0.25) is 4.79 Å². The molecule has 2 heterocycles. The van der Waals surface area contributed by atoms with Gasteiger partial charge in [0, 0.05) is 34.0 Å². The predicted octanol–water partition coefficient (Wildman–Crippen LogP) is 4.83. The number of carbonyl (C=O) groups excluding carboxylic acids is 1. The molecule has 2 aromatic heterocycles. The molecule has 0 aliphatic heterocycles. The Hall–Kier alpha value is -2.78. The Morgan fingerprint density at radius 1 is 1.33 bits per heavy atom. The third kappa shape index (κ3) is 3.54. The molecule has 2 aliphatic rings. The Morgan fingerprint density at radius 3 is 2.76 bits per heavy atom. The van der Waals surface area contributed by atoms with E-state index in [1.165, 1.54) is 18.4 Å². The van der Waals surface area contributed by atoms with Crippen LogP contribution in [0, 0.1) is 0 Å². The maximum absolute atomic E-state index is 14.2. The molecule has 1 saturated carbocycles. The first kappa shape index (κ1) is 22.0. The molecule has 0 radical (unpaired) electrons. The molecule has 1 aromatic carbocycles. The van der Waals surface area contributed by atoms with E-state index < -0.39 is 23.4 Å². The molecule has 0 spiro atoms. The summed E-state index contributed by atoms with van der Waals surface area (Å²) in [5.41, 5.74) is 7.21. The van der Waals surface area contributed by atoms with Crippen LogP contribution in [0.15, 0.2) is 29.2 Å². The number of methoxy groups -OCH3 is 1. The van der Waals surface area contributed by atoms with Crippen molar-refractivity contribution >= 4 is 28.2 Å². The number of rotatable bonds is 5. The van der Waals surface area contributed by atoms with Gasteiger partial charge in [0.25, 0.3) is 5.92 Å². The first-order valence-electron chi connectivity index (χ1n) is 11.0. The summed E-state index contributed by atoms with van der Waals surface area (Å²) in [5.74, 6) is -3.11. The molecule has 9 heteroatoms. The van der Waals surface area contributed by atoms with Crippen molar-refractivity contribution in [3.63, 3.8) is 0 Å². The molecule has 1 fully saturated rings. The number of fused-ring (bicyclic) bond motifs is 2. The molecule has 3 aromatic rings. The van der Waals surface area contributed by atoms with Gasteiger partial charge in [-0.05, 0) is 49.9 Å². The van der Waals surface area contributed by atoms with Gasteiger partial charge in [0.05, 0.1) is 30.7 Å². The minimum atomic E-state index is -2.94. The van der Waals surface area contributed by atoms with Crippen LogP contribution in [0.5, 0.6) is 5.75 Å². The molecule has 2 aliphatic carbocycles. The van der Waals surface area contributed by atoms with Gasteiger partial charge in [-0.15, -0.1) is 11.3 Å². The lowest BCUT2D eigenvalue weighted by atomic mass is 9.90. The molecule has 2 N–H and O–H groups in total. The topological polar surface area (TPSA) is 83.6 Å². The molecular weight excluding hydrogens is 450 g/mol. The van der Waals surface area contributed by atoms with Crippen molar-refractivity contribution in [3.05, 3.63) is 50.6 Å². The Bertz CT molecular complexity index is 1330. The molecule has 0 bridgehead atoms. The van der Waals surface area contributed by atoms with Crippen LogP contribution in [-0.4, -0.2) is 30.2 Å². The molecule has 6 nitrogen and oxygen atoms in total. The van der Waals surface area contributed by atoms with Gasteiger partial charge in [0.1, 0.15) is 5.56 Å². The Kier molecular flexibility index (Phi) is 5.29. The molecule has 33 heavy (non-hydrogen) atoms. The summed E-state index contributed by atoms with van der Waals surface area (Å²) in [5, 5.41) is 0.359. The molecule has 0 amide bonds. The third-order valence-corrected chi connectivity index (χ3v) is 7.61. The number of aromatic nitrogens is 1. The predicted molar refractivity (Wildman–Crippen MR) is 122 cm³/mol. The van der Waals surface area contributed by atoms with Crippen LogP contribution in [0.1, 0.15) is 59.1 Å². The standard InChI is InChI=1S/C24H24F2N2O4S/c1-3-32-23(30)16-11-28(12-4-5-12)19-14(20(16)29)7-6-13(21(19)31-2)18-10-15-17(33-18)8-9-24(25,26)22(15)27/h6-7,10-12,22H,3-5,8-9,27H2,1-2H3. The van der Waals surface area contributed by atoms with E-state index in [0.29, 0.717) is 27.8 Å². The number of esters is 1. The van der Waals surface area contributed by atoms with E-state index in [1.807, 2.05) is 4.57 Å². The summed E-state index contributed by atoms with van der Waals surface area (Å²) < 4.78 is 41.1. The Balaban J connectivity index is 1.72. The quantitative estimate of drug-likeness (QED) is 0.536. The number of nitrogens with zero attached hydrogens (tertiary/aromatic N) is 1. The van der Waals surface area contributed by atoms with E-state index in [4.69, 9.17) is 15.2 Å². The van der Waals surface area contributed by atoms with E-state index in [-0.39, 0.29) is 31.1 Å². The van der Waals surface area contributed by atoms with Crippen molar-refractivity contribution in [2.24, 2.45) is 5.73 Å². The molecule has 1 atom stereocenters. The number of benzene rings is 1.